The number of aryl methyl sites for hydroxylation is 1. The third-order valence-corrected chi connectivity index (χ3v) is 4.41. The molecule has 0 aliphatic carbocycles. The molecule has 5 nitrogen and oxygen atoms in total. The van der Waals surface area contributed by atoms with Crippen molar-refractivity contribution in [2.75, 3.05) is 7.11 Å². The second-order valence-electron chi connectivity index (χ2n) is 4.58. The monoisotopic (exact) mass is 330 g/mol. The molecule has 2 heterocycles. The van der Waals surface area contributed by atoms with Crippen LogP contribution in [0.25, 0.3) is 11.4 Å². The van der Waals surface area contributed by atoms with Gasteiger partial charge in [-0.2, -0.15) is 14.9 Å². The van der Waals surface area contributed by atoms with Gasteiger partial charge in [0, 0.05) is 0 Å². The standard InChI is InChI=1S/C15H14N4OS2/c1-10-7-8-22-13(10)9-16-19-14(17-18-15(19)21)11-5-3-4-6-12(11)20-2/h3-9H,1-2H3,(H,18,21). The fourth-order valence-electron chi connectivity index (χ4n) is 2.03. The van der Waals surface area contributed by atoms with Crippen LogP contribution in [0.1, 0.15) is 10.4 Å². The topological polar surface area (TPSA) is 55.2 Å². The highest BCUT2D eigenvalue weighted by molar-refractivity contribution is 7.71. The van der Waals surface area contributed by atoms with Crippen LogP contribution in [-0.4, -0.2) is 28.2 Å². The number of hydrogen-bond donors (Lipinski definition) is 1. The fraction of sp³-hybridized carbons (Fsp3) is 0.133. The first-order valence-corrected chi connectivity index (χ1v) is 7.88. The molecule has 0 bridgehead atoms. The first-order valence-electron chi connectivity index (χ1n) is 6.60. The van der Waals surface area contributed by atoms with Crippen molar-refractivity contribution in [3.05, 3.63) is 50.9 Å². The molecule has 1 aromatic carbocycles. The van der Waals surface area contributed by atoms with Gasteiger partial charge in [-0.25, -0.2) is 5.10 Å². The van der Waals surface area contributed by atoms with E-state index in [0.717, 1.165) is 16.2 Å². The van der Waals surface area contributed by atoms with Crippen LogP contribution in [0.2, 0.25) is 0 Å². The van der Waals surface area contributed by atoms with E-state index in [9.17, 15) is 0 Å². The molecule has 22 heavy (non-hydrogen) atoms. The van der Waals surface area contributed by atoms with E-state index in [1.165, 1.54) is 5.56 Å². The predicted molar refractivity (Wildman–Crippen MR) is 91.4 cm³/mol. The molecule has 0 unspecified atom stereocenters. The number of methoxy groups -OCH3 is 1. The second kappa shape index (κ2) is 6.25. The summed E-state index contributed by atoms with van der Waals surface area (Å²) >= 11 is 6.91. The smallest absolute Gasteiger partial charge is 0.216 e. The minimum Gasteiger partial charge on any atom is -0.496 e. The fourth-order valence-corrected chi connectivity index (χ4v) is 2.99. The van der Waals surface area contributed by atoms with Gasteiger partial charge in [-0.05, 0) is 48.3 Å². The lowest BCUT2D eigenvalue weighted by molar-refractivity contribution is 0.416. The zero-order valence-corrected chi connectivity index (χ0v) is 13.7. The van der Waals surface area contributed by atoms with Gasteiger partial charge in [-0.1, -0.05) is 12.1 Å². The highest BCUT2D eigenvalue weighted by Crippen LogP contribution is 2.28. The van der Waals surface area contributed by atoms with Crippen LogP contribution in [0, 0.1) is 11.7 Å². The van der Waals surface area contributed by atoms with Crippen LogP contribution in [0.4, 0.5) is 0 Å². The van der Waals surface area contributed by atoms with Crippen LogP contribution >= 0.6 is 23.6 Å². The SMILES string of the molecule is COc1ccccc1-c1n[nH]c(=S)n1N=Cc1sccc1C. The van der Waals surface area contributed by atoms with Gasteiger partial charge in [0.1, 0.15) is 5.75 Å². The summed E-state index contributed by atoms with van der Waals surface area (Å²) in [5, 5.41) is 13.6. The second-order valence-corrected chi connectivity index (χ2v) is 5.91. The highest BCUT2D eigenvalue weighted by Gasteiger charge is 2.12. The average molecular weight is 330 g/mol. The normalized spacial score (nSPS) is 11.2. The Morgan fingerprint density at radius 3 is 2.91 bits per heavy atom. The first-order chi connectivity index (χ1) is 10.7. The van der Waals surface area contributed by atoms with Gasteiger partial charge < -0.3 is 4.74 Å². The number of benzene rings is 1. The van der Waals surface area contributed by atoms with Crippen LogP contribution < -0.4 is 4.74 Å². The van der Waals surface area contributed by atoms with Gasteiger partial charge >= 0.3 is 0 Å². The summed E-state index contributed by atoms with van der Waals surface area (Å²) < 4.78 is 7.42. The Bertz CT molecular complexity index is 876. The van der Waals surface area contributed by atoms with Crippen molar-refractivity contribution in [2.45, 2.75) is 6.92 Å². The molecule has 0 saturated heterocycles. The highest BCUT2D eigenvalue weighted by atomic mass is 32.1. The van der Waals surface area contributed by atoms with E-state index in [1.54, 1.807) is 29.3 Å². The van der Waals surface area contributed by atoms with E-state index in [2.05, 4.69) is 21.4 Å². The molecule has 1 N–H and O–H groups in total. The molecule has 0 saturated carbocycles. The summed E-state index contributed by atoms with van der Waals surface area (Å²) in [5.74, 6) is 1.34. The molecule has 112 valence electrons. The molecule has 0 radical (unpaired) electrons. The summed E-state index contributed by atoms with van der Waals surface area (Å²) in [4.78, 5) is 1.09. The van der Waals surface area contributed by atoms with Crippen molar-refractivity contribution in [1.29, 1.82) is 0 Å². The maximum Gasteiger partial charge on any atom is 0.216 e. The molecule has 0 aliphatic heterocycles. The Hall–Kier alpha value is -2.25. The minimum absolute atomic E-state index is 0.436. The number of nitrogens with zero attached hydrogens (tertiary/aromatic N) is 3. The number of rotatable bonds is 4. The van der Waals surface area contributed by atoms with E-state index in [4.69, 9.17) is 17.0 Å². The zero-order chi connectivity index (χ0) is 15.5. The average Bonchev–Trinajstić information content (AvgIpc) is 3.11. The molecular formula is C15H14N4OS2. The van der Waals surface area contributed by atoms with Gasteiger partial charge in [-0.3, -0.25) is 0 Å². The molecular weight excluding hydrogens is 316 g/mol. The lowest BCUT2D eigenvalue weighted by Crippen LogP contribution is -1.97. The van der Waals surface area contributed by atoms with Crippen LogP contribution in [0.15, 0.2) is 40.8 Å². The number of aromatic nitrogens is 3. The molecule has 2 aromatic heterocycles. The number of para-hydroxylation sites is 1. The summed E-state index contributed by atoms with van der Waals surface area (Å²) in [5.41, 5.74) is 2.01. The number of H-pyrrole nitrogens is 1. The van der Waals surface area contributed by atoms with Crippen molar-refractivity contribution >= 4 is 29.8 Å². The molecule has 0 spiro atoms. The van der Waals surface area contributed by atoms with E-state index < -0.39 is 0 Å². The van der Waals surface area contributed by atoms with Gasteiger partial charge in [0.15, 0.2) is 5.82 Å². The van der Waals surface area contributed by atoms with Gasteiger partial charge in [0.05, 0.1) is 23.8 Å². The Kier molecular flexibility index (Phi) is 4.17. The van der Waals surface area contributed by atoms with Gasteiger partial charge in [0.2, 0.25) is 4.77 Å². The number of nitrogens with one attached hydrogen (secondary N) is 1. The number of hydrogen-bond acceptors (Lipinski definition) is 5. The van der Waals surface area contributed by atoms with E-state index in [1.807, 2.05) is 36.6 Å². The maximum absolute atomic E-state index is 5.38. The van der Waals surface area contributed by atoms with Crippen molar-refractivity contribution in [2.24, 2.45) is 5.10 Å². The maximum atomic E-state index is 5.38. The third kappa shape index (κ3) is 2.72. The lowest BCUT2D eigenvalue weighted by Gasteiger charge is -2.06. The Morgan fingerprint density at radius 2 is 2.18 bits per heavy atom. The van der Waals surface area contributed by atoms with Crippen LogP contribution in [-0.2, 0) is 0 Å². The molecule has 0 amide bonds. The summed E-state index contributed by atoms with van der Waals surface area (Å²) in [6.07, 6.45) is 1.80. The third-order valence-electron chi connectivity index (χ3n) is 3.19. The molecule has 0 aliphatic rings. The summed E-state index contributed by atoms with van der Waals surface area (Å²) in [6.45, 7) is 2.05. The Balaban J connectivity index is 2.07. The zero-order valence-electron chi connectivity index (χ0n) is 12.1. The quantitative estimate of drug-likeness (QED) is 0.583. The molecule has 7 heteroatoms. The molecule has 3 rings (SSSR count). The van der Waals surface area contributed by atoms with Crippen LogP contribution in [0.3, 0.4) is 0 Å². The Labute approximate surface area is 136 Å². The predicted octanol–water partition coefficient (Wildman–Crippen LogP) is 3.87. The first kappa shape index (κ1) is 14.7. The summed E-state index contributed by atoms with van der Waals surface area (Å²) in [6, 6.07) is 9.69. The number of aromatic amines is 1. The summed E-state index contributed by atoms with van der Waals surface area (Å²) in [7, 11) is 1.63. The van der Waals surface area contributed by atoms with E-state index >= 15 is 0 Å². The minimum atomic E-state index is 0.436. The van der Waals surface area contributed by atoms with Crippen LogP contribution in [0.5, 0.6) is 5.75 Å². The van der Waals surface area contributed by atoms with Gasteiger partial charge in [0.25, 0.3) is 0 Å². The van der Waals surface area contributed by atoms with E-state index in [0.29, 0.717) is 10.6 Å². The molecule has 0 atom stereocenters. The van der Waals surface area contributed by atoms with Crippen molar-refractivity contribution in [3.63, 3.8) is 0 Å². The molecule has 3 aromatic rings. The van der Waals surface area contributed by atoms with E-state index in [-0.39, 0.29) is 0 Å². The largest absolute Gasteiger partial charge is 0.496 e. The number of thiophene rings is 1. The van der Waals surface area contributed by atoms with Gasteiger partial charge in [-0.15, -0.1) is 11.3 Å². The molecule has 0 fully saturated rings. The number of ether oxygens (including phenoxy) is 1. The lowest BCUT2D eigenvalue weighted by atomic mass is 10.2. The van der Waals surface area contributed by atoms with Crippen molar-refractivity contribution < 1.29 is 4.74 Å². The Morgan fingerprint density at radius 1 is 1.36 bits per heavy atom. The van der Waals surface area contributed by atoms with Crippen molar-refractivity contribution in [3.8, 4) is 17.1 Å². The van der Waals surface area contributed by atoms with Crippen molar-refractivity contribution in [1.82, 2.24) is 14.9 Å².